The molecule has 5 rings (SSSR count). The maximum Gasteiger partial charge on any atom is 0.334 e. The summed E-state index contributed by atoms with van der Waals surface area (Å²) in [5.74, 6) is -0.625. The van der Waals surface area contributed by atoms with E-state index in [-0.39, 0.29) is 48.0 Å². The fourth-order valence-corrected chi connectivity index (χ4v) is 4.98. The molecule has 2 aliphatic carbocycles. The predicted octanol–water partition coefficient (Wildman–Crippen LogP) is 2.94. The van der Waals surface area contributed by atoms with Crippen LogP contribution in [0.2, 0.25) is 0 Å². The van der Waals surface area contributed by atoms with Gasteiger partial charge in [0.25, 0.3) is 0 Å². The SMILES string of the molecule is C=C1C(=O)O[C@@H]2[C@H]1CCC(C)=C1[C@@H]3O[C@@](C)([C@H]3OC(=O)C(C)CC)[C@@H]12. The molecule has 5 nitrogen and oxygen atoms in total. The lowest BCUT2D eigenvalue weighted by Gasteiger charge is -2.46. The second-order valence-corrected chi connectivity index (χ2v) is 8.14. The van der Waals surface area contributed by atoms with Gasteiger partial charge in [-0.3, -0.25) is 4.79 Å². The zero-order valence-electron chi connectivity index (χ0n) is 15.3. The molecular formula is C20H26O5. The Labute approximate surface area is 148 Å². The van der Waals surface area contributed by atoms with Crippen molar-refractivity contribution in [3.8, 4) is 0 Å². The van der Waals surface area contributed by atoms with Crippen molar-refractivity contribution in [2.24, 2.45) is 17.8 Å². The molecule has 5 heteroatoms. The summed E-state index contributed by atoms with van der Waals surface area (Å²) in [6.45, 7) is 11.9. The van der Waals surface area contributed by atoms with Crippen molar-refractivity contribution in [3.63, 3.8) is 0 Å². The molecular weight excluding hydrogens is 320 g/mol. The van der Waals surface area contributed by atoms with E-state index in [2.05, 4.69) is 13.5 Å². The zero-order chi connectivity index (χ0) is 18.1. The zero-order valence-corrected chi connectivity index (χ0v) is 15.3. The Bertz CT molecular complexity index is 692. The molecule has 0 aromatic rings. The number of ether oxygens (including phenoxy) is 3. The Hall–Kier alpha value is -1.62. The molecule has 2 bridgehead atoms. The summed E-state index contributed by atoms with van der Waals surface area (Å²) in [5, 5.41) is 0. The van der Waals surface area contributed by atoms with Crippen molar-refractivity contribution in [1.82, 2.24) is 0 Å². The molecule has 0 spiro atoms. The number of rotatable bonds is 3. The number of fused-ring (bicyclic) bond motifs is 1. The van der Waals surface area contributed by atoms with Crippen LogP contribution in [0.3, 0.4) is 0 Å². The molecule has 4 fully saturated rings. The van der Waals surface area contributed by atoms with Crippen LogP contribution in [-0.2, 0) is 23.8 Å². The summed E-state index contributed by atoms with van der Waals surface area (Å²) < 4.78 is 17.7. The lowest BCUT2D eigenvalue weighted by atomic mass is 9.78. The number of hydrogen-bond donors (Lipinski definition) is 0. The third-order valence-electron chi connectivity index (χ3n) is 6.74. The van der Waals surface area contributed by atoms with Crippen LogP contribution < -0.4 is 0 Å². The topological polar surface area (TPSA) is 61.8 Å². The average molecular weight is 346 g/mol. The van der Waals surface area contributed by atoms with Crippen molar-refractivity contribution >= 4 is 11.9 Å². The Kier molecular flexibility index (Phi) is 3.66. The lowest BCUT2D eigenvalue weighted by Crippen LogP contribution is -2.61. The van der Waals surface area contributed by atoms with E-state index >= 15 is 0 Å². The largest absolute Gasteiger partial charge is 0.458 e. The number of allylic oxidation sites excluding steroid dienone is 1. The fourth-order valence-electron chi connectivity index (χ4n) is 4.98. The van der Waals surface area contributed by atoms with Crippen LogP contribution in [-0.4, -0.2) is 35.9 Å². The maximum atomic E-state index is 12.3. The van der Waals surface area contributed by atoms with Gasteiger partial charge in [0, 0.05) is 11.5 Å². The summed E-state index contributed by atoms with van der Waals surface area (Å²) in [6.07, 6.45) is 1.77. The molecule has 0 aromatic carbocycles. The van der Waals surface area contributed by atoms with Crippen LogP contribution in [0.25, 0.3) is 0 Å². The summed E-state index contributed by atoms with van der Waals surface area (Å²) in [5.41, 5.74) is 2.40. The summed E-state index contributed by atoms with van der Waals surface area (Å²) in [7, 11) is 0. The maximum absolute atomic E-state index is 12.3. The first-order chi connectivity index (χ1) is 11.8. The number of hydrogen-bond acceptors (Lipinski definition) is 5. The molecule has 0 radical (unpaired) electrons. The minimum absolute atomic E-state index is 0.0237. The number of esters is 2. The highest BCUT2D eigenvalue weighted by atomic mass is 16.6. The lowest BCUT2D eigenvalue weighted by molar-refractivity contribution is -0.262. The molecule has 3 saturated heterocycles. The van der Waals surface area contributed by atoms with E-state index in [1.807, 2.05) is 20.8 Å². The van der Waals surface area contributed by atoms with Crippen LogP contribution in [0.4, 0.5) is 0 Å². The predicted molar refractivity (Wildman–Crippen MR) is 90.5 cm³/mol. The van der Waals surface area contributed by atoms with Gasteiger partial charge in [-0.2, -0.15) is 0 Å². The normalized spacial score (nSPS) is 43.0. The molecule has 3 heterocycles. The molecule has 1 saturated carbocycles. The Balaban J connectivity index is 1.68. The standard InChI is InChI=1S/C20H26O5/c1-6-9(2)18(21)24-17-16-13-10(3)7-8-12-11(4)19(22)23-15(12)14(13)20(17,5)25-16/h9,12,14-17H,4,6-8H2,1-3,5H3/t9?,12-,14-,15+,16-,17-,20+/m0/s1. The van der Waals surface area contributed by atoms with E-state index in [0.29, 0.717) is 5.57 Å². The van der Waals surface area contributed by atoms with Gasteiger partial charge in [-0.05, 0) is 38.7 Å². The van der Waals surface area contributed by atoms with Gasteiger partial charge in [-0.1, -0.05) is 26.0 Å². The molecule has 7 atom stereocenters. The highest BCUT2D eigenvalue weighted by Crippen LogP contribution is 2.62. The molecule has 0 amide bonds. The average Bonchev–Trinajstić information content (AvgIpc) is 3.09. The molecule has 0 aromatic heterocycles. The first kappa shape index (κ1) is 16.8. The van der Waals surface area contributed by atoms with E-state index in [0.717, 1.165) is 19.3 Å². The van der Waals surface area contributed by atoms with Gasteiger partial charge in [-0.15, -0.1) is 0 Å². The second-order valence-electron chi connectivity index (χ2n) is 8.14. The first-order valence-corrected chi connectivity index (χ1v) is 9.27. The Morgan fingerprint density at radius 2 is 2.20 bits per heavy atom. The summed E-state index contributed by atoms with van der Waals surface area (Å²) >= 11 is 0. The summed E-state index contributed by atoms with van der Waals surface area (Å²) in [6, 6.07) is 0. The first-order valence-electron chi connectivity index (χ1n) is 9.27. The summed E-state index contributed by atoms with van der Waals surface area (Å²) in [4.78, 5) is 24.4. The van der Waals surface area contributed by atoms with Gasteiger partial charge < -0.3 is 14.2 Å². The fraction of sp³-hybridized carbons (Fsp3) is 0.700. The quantitative estimate of drug-likeness (QED) is 0.447. The smallest absolute Gasteiger partial charge is 0.334 e. The monoisotopic (exact) mass is 346 g/mol. The van der Waals surface area contributed by atoms with Gasteiger partial charge in [0.05, 0.1) is 11.8 Å². The minimum atomic E-state index is -0.622. The molecule has 5 aliphatic rings. The van der Waals surface area contributed by atoms with E-state index in [1.54, 1.807) is 0 Å². The minimum Gasteiger partial charge on any atom is -0.458 e. The van der Waals surface area contributed by atoms with E-state index in [4.69, 9.17) is 14.2 Å². The third kappa shape index (κ3) is 2.11. The number of carbonyl (C=O) groups is 2. The molecule has 136 valence electrons. The molecule has 0 N–H and O–H groups in total. The highest BCUT2D eigenvalue weighted by Gasteiger charge is 2.73. The van der Waals surface area contributed by atoms with E-state index in [1.165, 1.54) is 11.1 Å². The number of carbonyl (C=O) groups excluding carboxylic acids is 2. The van der Waals surface area contributed by atoms with Gasteiger partial charge in [0.15, 0.2) is 6.10 Å². The Morgan fingerprint density at radius 3 is 2.88 bits per heavy atom. The molecule has 25 heavy (non-hydrogen) atoms. The van der Waals surface area contributed by atoms with Crippen molar-refractivity contribution in [1.29, 1.82) is 0 Å². The van der Waals surface area contributed by atoms with Crippen LogP contribution in [0.1, 0.15) is 47.0 Å². The van der Waals surface area contributed by atoms with Gasteiger partial charge in [0.1, 0.15) is 17.8 Å². The van der Waals surface area contributed by atoms with Crippen LogP contribution >= 0.6 is 0 Å². The van der Waals surface area contributed by atoms with Crippen molar-refractivity contribution < 1.29 is 23.8 Å². The van der Waals surface area contributed by atoms with E-state index < -0.39 is 5.60 Å². The van der Waals surface area contributed by atoms with Crippen LogP contribution in [0.5, 0.6) is 0 Å². The third-order valence-corrected chi connectivity index (χ3v) is 6.74. The van der Waals surface area contributed by atoms with Gasteiger partial charge >= 0.3 is 11.9 Å². The second kappa shape index (κ2) is 5.44. The van der Waals surface area contributed by atoms with Gasteiger partial charge in [0.2, 0.25) is 0 Å². The molecule has 3 aliphatic heterocycles. The van der Waals surface area contributed by atoms with Crippen molar-refractivity contribution in [2.75, 3.05) is 0 Å². The van der Waals surface area contributed by atoms with Crippen molar-refractivity contribution in [2.45, 2.75) is 70.9 Å². The van der Waals surface area contributed by atoms with E-state index in [9.17, 15) is 9.59 Å². The molecule has 1 unspecified atom stereocenters. The highest BCUT2D eigenvalue weighted by molar-refractivity contribution is 5.91. The van der Waals surface area contributed by atoms with Crippen LogP contribution in [0.15, 0.2) is 23.3 Å². The van der Waals surface area contributed by atoms with Crippen molar-refractivity contribution in [3.05, 3.63) is 23.3 Å². The van der Waals surface area contributed by atoms with Gasteiger partial charge in [-0.25, -0.2) is 4.79 Å². The van der Waals surface area contributed by atoms with Crippen LogP contribution in [0, 0.1) is 17.8 Å². The Morgan fingerprint density at radius 1 is 1.48 bits per heavy atom.